The molecule has 1 rings (SSSR count). The topological polar surface area (TPSA) is 17.1 Å². The van der Waals surface area contributed by atoms with E-state index in [0.29, 0.717) is 5.56 Å². The Hall–Kier alpha value is -1.08. The van der Waals surface area contributed by atoms with E-state index in [4.69, 9.17) is 11.6 Å². The Kier molecular flexibility index (Phi) is 3.06. The standard InChI is InChI=1S/C10H9ClO/c1-2-3-8-4-6-9(7-5-8)10(11)12/h2-7H,1H3. The molecule has 0 unspecified atom stereocenters. The number of benzene rings is 1. The molecule has 2 heteroatoms. The van der Waals surface area contributed by atoms with Gasteiger partial charge < -0.3 is 0 Å². The van der Waals surface area contributed by atoms with Crippen molar-refractivity contribution in [3.63, 3.8) is 0 Å². The number of allylic oxidation sites excluding steroid dienone is 1. The summed E-state index contributed by atoms with van der Waals surface area (Å²) in [6.45, 7) is 1.95. The van der Waals surface area contributed by atoms with Gasteiger partial charge in [-0.2, -0.15) is 0 Å². The third-order valence-electron chi connectivity index (χ3n) is 1.50. The van der Waals surface area contributed by atoms with Crippen molar-refractivity contribution < 1.29 is 4.79 Å². The Morgan fingerprint density at radius 2 is 1.92 bits per heavy atom. The lowest BCUT2D eigenvalue weighted by Crippen LogP contribution is -1.86. The van der Waals surface area contributed by atoms with Crippen molar-refractivity contribution in [2.45, 2.75) is 6.92 Å². The zero-order valence-electron chi connectivity index (χ0n) is 6.75. The molecule has 0 heterocycles. The van der Waals surface area contributed by atoms with Gasteiger partial charge in [0.2, 0.25) is 0 Å². The molecule has 0 saturated carbocycles. The fourth-order valence-electron chi connectivity index (χ4n) is 0.918. The molecular formula is C10H9ClO. The average molecular weight is 181 g/mol. The number of hydrogen-bond donors (Lipinski definition) is 0. The quantitative estimate of drug-likeness (QED) is 0.640. The van der Waals surface area contributed by atoms with Crippen molar-refractivity contribution in [1.29, 1.82) is 0 Å². The zero-order valence-corrected chi connectivity index (χ0v) is 7.51. The van der Waals surface area contributed by atoms with E-state index in [1.807, 2.05) is 31.2 Å². The van der Waals surface area contributed by atoms with Crippen molar-refractivity contribution in [1.82, 2.24) is 0 Å². The van der Waals surface area contributed by atoms with E-state index in [-0.39, 0.29) is 0 Å². The van der Waals surface area contributed by atoms with E-state index in [1.54, 1.807) is 12.1 Å². The molecule has 0 atom stereocenters. The summed E-state index contributed by atoms with van der Waals surface area (Å²) in [6, 6.07) is 7.14. The van der Waals surface area contributed by atoms with Gasteiger partial charge in [0.1, 0.15) is 0 Å². The Bertz CT molecular complexity index is 298. The van der Waals surface area contributed by atoms with E-state index in [2.05, 4.69) is 0 Å². The summed E-state index contributed by atoms with van der Waals surface area (Å²) in [5, 5.41) is -0.415. The van der Waals surface area contributed by atoms with Gasteiger partial charge in [0, 0.05) is 5.56 Å². The lowest BCUT2D eigenvalue weighted by Gasteiger charge is -1.94. The van der Waals surface area contributed by atoms with Crippen LogP contribution in [-0.2, 0) is 0 Å². The van der Waals surface area contributed by atoms with Crippen LogP contribution in [0, 0.1) is 0 Å². The zero-order chi connectivity index (χ0) is 8.97. The van der Waals surface area contributed by atoms with E-state index < -0.39 is 5.24 Å². The lowest BCUT2D eigenvalue weighted by molar-refractivity contribution is 0.108. The van der Waals surface area contributed by atoms with Gasteiger partial charge in [-0.1, -0.05) is 24.3 Å². The van der Waals surface area contributed by atoms with E-state index in [1.165, 1.54) is 0 Å². The molecule has 0 spiro atoms. The molecule has 0 aliphatic heterocycles. The highest BCUT2D eigenvalue weighted by Crippen LogP contribution is 2.08. The fourth-order valence-corrected chi connectivity index (χ4v) is 1.04. The van der Waals surface area contributed by atoms with Crippen molar-refractivity contribution in [3.05, 3.63) is 41.5 Å². The third kappa shape index (κ3) is 2.21. The van der Waals surface area contributed by atoms with Crippen LogP contribution >= 0.6 is 11.6 Å². The monoisotopic (exact) mass is 180 g/mol. The fraction of sp³-hybridized carbons (Fsp3) is 0.100. The number of carbonyl (C=O) groups is 1. The Morgan fingerprint density at radius 3 is 2.33 bits per heavy atom. The molecule has 0 aliphatic rings. The molecule has 1 aromatic carbocycles. The summed E-state index contributed by atoms with van der Waals surface area (Å²) in [5.74, 6) is 0. The Morgan fingerprint density at radius 1 is 1.33 bits per heavy atom. The maximum Gasteiger partial charge on any atom is 0.252 e. The highest BCUT2D eigenvalue weighted by Gasteiger charge is 1.98. The lowest BCUT2D eigenvalue weighted by atomic mass is 10.1. The van der Waals surface area contributed by atoms with Crippen molar-refractivity contribution in [3.8, 4) is 0 Å². The van der Waals surface area contributed by atoms with E-state index >= 15 is 0 Å². The molecular weight excluding hydrogens is 172 g/mol. The van der Waals surface area contributed by atoms with Crippen LogP contribution in [-0.4, -0.2) is 5.24 Å². The first-order valence-corrected chi connectivity index (χ1v) is 4.04. The first-order valence-electron chi connectivity index (χ1n) is 3.66. The predicted molar refractivity (Wildman–Crippen MR) is 51.3 cm³/mol. The molecule has 0 bridgehead atoms. The summed E-state index contributed by atoms with van der Waals surface area (Å²) in [4.78, 5) is 10.7. The second-order valence-electron chi connectivity index (χ2n) is 2.40. The van der Waals surface area contributed by atoms with Gasteiger partial charge in [-0.05, 0) is 36.2 Å². The molecule has 12 heavy (non-hydrogen) atoms. The van der Waals surface area contributed by atoms with Crippen molar-refractivity contribution in [2.75, 3.05) is 0 Å². The van der Waals surface area contributed by atoms with Crippen LogP contribution in [0.3, 0.4) is 0 Å². The molecule has 0 saturated heterocycles. The Balaban J connectivity index is 2.93. The van der Waals surface area contributed by atoms with Gasteiger partial charge in [0.25, 0.3) is 5.24 Å². The summed E-state index contributed by atoms with van der Waals surface area (Å²) in [5.41, 5.74) is 1.60. The van der Waals surface area contributed by atoms with Crippen LogP contribution in [0.4, 0.5) is 0 Å². The van der Waals surface area contributed by atoms with Gasteiger partial charge in [-0.25, -0.2) is 0 Å². The molecule has 1 aromatic rings. The Labute approximate surface area is 76.7 Å². The number of hydrogen-bond acceptors (Lipinski definition) is 1. The first-order chi connectivity index (χ1) is 5.74. The van der Waals surface area contributed by atoms with Gasteiger partial charge >= 0.3 is 0 Å². The molecule has 1 nitrogen and oxygen atoms in total. The maximum absolute atomic E-state index is 10.7. The highest BCUT2D eigenvalue weighted by molar-refractivity contribution is 6.67. The van der Waals surface area contributed by atoms with Gasteiger partial charge in [-0.15, -0.1) is 0 Å². The van der Waals surface area contributed by atoms with Crippen LogP contribution in [0.15, 0.2) is 30.3 Å². The minimum atomic E-state index is -0.415. The summed E-state index contributed by atoms with van der Waals surface area (Å²) < 4.78 is 0. The van der Waals surface area contributed by atoms with Gasteiger partial charge in [-0.3, -0.25) is 4.79 Å². The average Bonchev–Trinajstić information content (AvgIpc) is 2.06. The van der Waals surface area contributed by atoms with Crippen LogP contribution in [0.1, 0.15) is 22.8 Å². The summed E-state index contributed by atoms with van der Waals surface area (Å²) in [6.07, 6.45) is 3.90. The normalized spacial score (nSPS) is 10.5. The molecule has 0 fully saturated rings. The van der Waals surface area contributed by atoms with E-state index in [0.717, 1.165) is 5.56 Å². The molecule has 62 valence electrons. The molecule has 0 N–H and O–H groups in total. The predicted octanol–water partition coefficient (Wildman–Crippen LogP) is 3.10. The largest absolute Gasteiger partial charge is 0.276 e. The maximum atomic E-state index is 10.7. The summed E-state index contributed by atoms with van der Waals surface area (Å²) >= 11 is 5.28. The second-order valence-corrected chi connectivity index (χ2v) is 2.74. The molecule has 0 radical (unpaired) electrons. The molecule has 0 aromatic heterocycles. The van der Waals surface area contributed by atoms with Gasteiger partial charge in [0.15, 0.2) is 0 Å². The third-order valence-corrected chi connectivity index (χ3v) is 1.71. The number of halogens is 1. The SMILES string of the molecule is CC=Cc1ccc(C(=O)Cl)cc1. The highest BCUT2D eigenvalue weighted by atomic mass is 35.5. The second kappa shape index (κ2) is 4.07. The molecule has 0 aliphatic carbocycles. The van der Waals surface area contributed by atoms with Crippen LogP contribution in [0.5, 0.6) is 0 Å². The van der Waals surface area contributed by atoms with Crippen molar-refractivity contribution in [2.24, 2.45) is 0 Å². The van der Waals surface area contributed by atoms with Crippen molar-refractivity contribution >= 4 is 22.9 Å². The number of rotatable bonds is 2. The van der Waals surface area contributed by atoms with Crippen LogP contribution in [0.2, 0.25) is 0 Å². The first kappa shape index (κ1) is 9.01. The minimum Gasteiger partial charge on any atom is -0.276 e. The van der Waals surface area contributed by atoms with Gasteiger partial charge in [0.05, 0.1) is 0 Å². The smallest absolute Gasteiger partial charge is 0.252 e. The van der Waals surface area contributed by atoms with Crippen LogP contribution < -0.4 is 0 Å². The summed E-state index contributed by atoms with van der Waals surface area (Å²) in [7, 11) is 0. The molecule has 0 amide bonds. The number of carbonyl (C=O) groups excluding carboxylic acids is 1. The van der Waals surface area contributed by atoms with Crippen LogP contribution in [0.25, 0.3) is 6.08 Å². The minimum absolute atomic E-state index is 0.415. The van der Waals surface area contributed by atoms with E-state index in [9.17, 15) is 4.79 Å².